The molecule has 0 aliphatic carbocycles. The molecule has 2 N–H and O–H groups in total. The first kappa shape index (κ1) is 10.1. The van der Waals surface area contributed by atoms with Crippen LogP contribution in [0.4, 0.5) is 0 Å². The Morgan fingerprint density at radius 1 is 1.33 bits per heavy atom. The van der Waals surface area contributed by atoms with Gasteiger partial charge in [-0.25, -0.2) is 4.99 Å². The molecular formula is C11H12ClN3. The molecule has 15 heavy (non-hydrogen) atoms. The van der Waals surface area contributed by atoms with Gasteiger partial charge in [0, 0.05) is 12.8 Å². The van der Waals surface area contributed by atoms with Crippen LogP contribution in [0.25, 0.3) is 0 Å². The van der Waals surface area contributed by atoms with Gasteiger partial charge in [-0.1, -0.05) is 41.9 Å². The SMILES string of the molecule is ClC1=C(NCc2ccccc2)N=CCN1. The number of hydrogen-bond donors (Lipinski definition) is 2. The van der Waals surface area contributed by atoms with Crippen molar-refractivity contribution in [2.24, 2.45) is 4.99 Å². The van der Waals surface area contributed by atoms with Crippen molar-refractivity contribution in [3.63, 3.8) is 0 Å². The number of rotatable bonds is 3. The summed E-state index contributed by atoms with van der Waals surface area (Å²) in [5.41, 5.74) is 1.20. The zero-order chi connectivity index (χ0) is 10.5. The molecule has 0 unspecified atom stereocenters. The second kappa shape index (κ2) is 4.84. The van der Waals surface area contributed by atoms with Crippen LogP contribution < -0.4 is 10.6 Å². The Morgan fingerprint density at radius 2 is 2.13 bits per heavy atom. The minimum absolute atomic E-state index is 0.577. The van der Waals surface area contributed by atoms with Crippen LogP contribution >= 0.6 is 11.6 Å². The van der Waals surface area contributed by atoms with Gasteiger partial charge in [0.25, 0.3) is 0 Å². The average molecular weight is 222 g/mol. The zero-order valence-corrected chi connectivity index (χ0v) is 8.96. The van der Waals surface area contributed by atoms with Crippen molar-refractivity contribution >= 4 is 17.8 Å². The molecule has 1 heterocycles. The Morgan fingerprint density at radius 3 is 2.87 bits per heavy atom. The van der Waals surface area contributed by atoms with E-state index in [1.807, 2.05) is 18.2 Å². The van der Waals surface area contributed by atoms with Gasteiger partial charge in [0.2, 0.25) is 0 Å². The maximum atomic E-state index is 5.94. The summed E-state index contributed by atoms with van der Waals surface area (Å²) in [6.07, 6.45) is 1.79. The lowest BCUT2D eigenvalue weighted by Gasteiger charge is -2.13. The Hall–Kier alpha value is -1.48. The minimum atomic E-state index is 0.577. The Labute approximate surface area is 93.9 Å². The summed E-state index contributed by atoms with van der Waals surface area (Å²) in [7, 11) is 0. The molecule has 2 rings (SSSR count). The molecule has 1 aliphatic rings. The second-order valence-electron chi connectivity index (χ2n) is 3.19. The molecule has 0 aromatic heterocycles. The first-order valence-electron chi connectivity index (χ1n) is 4.80. The molecular weight excluding hydrogens is 210 g/mol. The summed E-state index contributed by atoms with van der Waals surface area (Å²) < 4.78 is 0. The predicted octanol–water partition coefficient (Wildman–Crippen LogP) is 1.82. The monoisotopic (exact) mass is 221 g/mol. The first-order chi connectivity index (χ1) is 7.36. The predicted molar refractivity (Wildman–Crippen MR) is 62.7 cm³/mol. The van der Waals surface area contributed by atoms with E-state index in [1.54, 1.807) is 6.21 Å². The molecule has 0 saturated carbocycles. The van der Waals surface area contributed by atoms with Crippen molar-refractivity contribution in [3.05, 3.63) is 46.9 Å². The van der Waals surface area contributed by atoms with Gasteiger partial charge >= 0.3 is 0 Å². The maximum Gasteiger partial charge on any atom is 0.161 e. The highest BCUT2D eigenvalue weighted by Gasteiger charge is 2.05. The van der Waals surface area contributed by atoms with E-state index < -0.39 is 0 Å². The van der Waals surface area contributed by atoms with E-state index in [-0.39, 0.29) is 0 Å². The molecule has 0 saturated heterocycles. The number of nitrogens with one attached hydrogen (secondary N) is 2. The van der Waals surface area contributed by atoms with Crippen LogP contribution in [-0.4, -0.2) is 12.8 Å². The summed E-state index contributed by atoms with van der Waals surface area (Å²) in [5, 5.41) is 6.75. The first-order valence-corrected chi connectivity index (χ1v) is 5.18. The third-order valence-electron chi connectivity index (χ3n) is 2.08. The van der Waals surface area contributed by atoms with Gasteiger partial charge in [0.05, 0.1) is 6.54 Å². The van der Waals surface area contributed by atoms with E-state index in [9.17, 15) is 0 Å². The van der Waals surface area contributed by atoms with Crippen LogP contribution in [0, 0.1) is 0 Å². The quantitative estimate of drug-likeness (QED) is 0.764. The molecule has 4 heteroatoms. The highest BCUT2D eigenvalue weighted by Crippen LogP contribution is 2.08. The van der Waals surface area contributed by atoms with E-state index >= 15 is 0 Å². The summed E-state index contributed by atoms with van der Waals surface area (Å²) >= 11 is 5.94. The summed E-state index contributed by atoms with van der Waals surface area (Å²) in [5.74, 6) is 0.701. The maximum absolute atomic E-state index is 5.94. The van der Waals surface area contributed by atoms with Crippen LogP contribution in [0.3, 0.4) is 0 Å². The number of aliphatic imine (C=N–C) groups is 1. The van der Waals surface area contributed by atoms with Crippen molar-refractivity contribution in [3.8, 4) is 0 Å². The van der Waals surface area contributed by atoms with E-state index in [1.165, 1.54) is 5.56 Å². The highest BCUT2D eigenvalue weighted by molar-refractivity contribution is 6.29. The lowest BCUT2D eigenvalue weighted by atomic mass is 10.2. The van der Waals surface area contributed by atoms with Crippen LogP contribution in [-0.2, 0) is 6.54 Å². The fraction of sp³-hybridized carbons (Fsp3) is 0.182. The fourth-order valence-electron chi connectivity index (χ4n) is 1.32. The summed E-state index contributed by atoms with van der Waals surface area (Å²) in [6, 6.07) is 10.1. The van der Waals surface area contributed by atoms with Crippen molar-refractivity contribution < 1.29 is 0 Å². The molecule has 0 amide bonds. The molecule has 0 atom stereocenters. The van der Waals surface area contributed by atoms with Gasteiger partial charge in [-0.15, -0.1) is 0 Å². The zero-order valence-electron chi connectivity index (χ0n) is 8.20. The smallest absolute Gasteiger partial charge is 0.161 e. The molecule has 1 aliphatic heterocycles. The van der Waals surface area contributed by atoms with Crippen molar-refractivity contribution in [2.45, 2.75) is 6.54 Å². The molecule has 0 fully saturated rings. The van der Waals surface area contributed by atoms with Gasteiger partial charge in [0.15, 0.2) is 5.82 Å². The summed E-state index contributed by atoms with van der Waals surface area (Å²) in [4.78, 5) is 4.17. The number of nitrogens with zero attached hydrogens (tertiary/aromatic N) is 1. The van der Waals surface area contributed by atoms with Gasteiger partial charge in [-0.2, -0.15) is 0 Å². The number of halogens is 1. The van der Waals surface area contributed by atoms with Crippen molar-refractivity contribution in [1.29, 1.82) is 0 Å². The van der Waals surface area contributed by atoms with Crippen LogP contribution in [0.15, 0.2) is 46.3 Å². The van der Waals surface area contributed by atoms with Crippen molar-refractivity contribution in [1.82, 2.24) is 10.6 Å². The average Bonchev–Trinajstić information content (AvgIpc) is 2.29. The van der Waals surface area contributed by atoms with Crippen LogP contribution in [0.1, 0.15) is 5.56 Å². The molecule has 0 bridgehead atoms. The standard InChI is InChI=1S/C11H12ClN3/c12-10-11(14-7-6-13-10)15-8-9-4-2-1-3-5-9/h1-5,7,13,15H,6,8H2. The van der Waals surface area contributed by atoms with Gasteiger partial charge < -0.3 is 10.6 Å². The summed E-state index contributed by atoms with van der Waals surface area (Å²) in [6.45, 7) is 1.42. The molecule has 1 aromatic rings. The largest absolute Gasteiger partial charge is 0.368 e. The van der Waals surface area contributed by atoms with Crippen molar-refractivity contribution in [2.75, 3.05) is 6.54 Å². The highest BCUT2D eigenvalue weighted by atomic mass is 35.5. The third-order valence-corrected chi connectivity index (χ3v) is 2.39. The molecule has 78 valence electrons. The van der Waals surface area contributed by atoms with E-state index in [0.717, 1.165) is 6.54 Å². The van der Waals surface area contributed by atoms with Gasteiger partial charge in [-0.05, 0) is 5.56 Å². The topological polar surface area (TPSA) is 36.4 Å². The van der Waals surface area contributed by atoms with E-state index in [4.69, 9.17) is 11.6 Å². The van der Waals surface area contributed by atoms with Crippen LogP contribution in [0.5, 0.6) is 0 Å². The van der Waals surface area contributed by atoms with Crippen LogP contribution in [0.2, 0.25) is 0 Å². The lowest BCUT2D eigenvalue weighted by Crippen LogP contribution is -2.24. The fourth-order valence-corrected chi connectivity index (χ4v) is 1.51. The van der Waals surface area contributed by atoms with E-state index in [0.29, 0.717) is 17.5 Å². The normalized spacial score (nSPS) is 15.0. The molecule has 1 aromatic carbocycles. The second-order valence-corrected chi connectivity index (χ2v) is 3.57. The van der Waals surface area contributed by atoms with Gasteiger partial charge in [0.1, 0.15) is 5.16 Å². The Bertz CT molecular complexity index is 384. The Balaban J connectivity index is 1.96. The van der Waals surface area contributed by atoms with Gasteiger partial charge in [-0.3, -0.25) is 0 Å². The number of hydrogen-bond acceptors (Lipinski definition) is 3. The Kier molecular flexibility index (Phi) is 3.25. The molecule has 0 spiro atoms. The third kappa shape index (κ3) is 2.73. The van der Waals surface area contributed by atoms with E-state index in [2.05, 4.69) is 27.8 Å². The molecule has 0 radical (unpaired) electrons. The lowest BCUT2D eigenvalue weighted by molar-refractivity contribution is 0.767. The number of benzene rings is 1. The molecule has 3 nitrogen and oxygen atoms in total. The minimum Gasteiger partial charge on any atom is -0.368 e.